The van der Waals surface area contributed by atoms with Crippen LogP contribution >= 0.6 is 0 Å². The van der Waals surface area contributed by atoms with Crippen LogP contribution in [0.3, 0.4) is 0 Å². The number of rotatable bonds is 7. The molecule has 0 radical (unpaired) electrons. The molecular weight excluding hydrogens is 242 g/mol. The molecule has 2 unspecified atom stereocenters. The highest BCUT2D eigenvalue weighted by Crippen LogP contribution is 2.29. The number of hydrogen-bond acceptors (Lipinski definition) is 4. The van der Waals surface area contributed by atoms with Gasteiger partial charge in [0.1, 0.15) is 0 Å². The van der Waals surface area contributed by atoms with Crippen molar-refractivity contribution in [3.8, 4) is 11.5 Å². The molecule has 0 aliphatic carbocycles. The minimum atomic E-state index is -0.697. The van der Waals surface area contributed by atoms with Crippen LogP contribution in [0.4, 0.5) is 0 Å². The van der Waals surface area contributed by atoms with Gasteiger partial charge in [-0.25, -0.2) is 0 Å². The maximum absolute atomic E-state index is 10.4. The van der Waals surface area contributed by atoms with Gasteiger partial charge in [0.2, 0.25) is 0 Å². The van der Waals surface area contributed by atoms with Crippen LogP contribution in [0.2, 0.25) is 0 Å². The van der Waals surface area contributed by atoms with Crippen molar-refractivity contribution in [2.75, 3.05) is 0 Å². The standard InChI is InChI=1S/C15H25NO3/c1-4-11(5-2)16-12(6-3)15(19)10-7-8-13(17)14(18)9-10/h7-9,11-12,15-19H,4-6H2,1-3H3. The smallest absolute Gasteiger partial charge is 0.157 e. The van der Waals surface area contributed by atoms with Crippen molar-refractivity contribution in [2.45, 2.75) is 58.2 Å². The Morgan fingerprint density at radius 2 is 1.63 bits per heavy atom. The van der Waals surface area contributed by atoms with Gasteiger partial charge in [-0.1, -0.05) is 26.8 Å². The number of nitrogens with one attached hydrogen (secondary N) is 1. The average molecular weight is 267 g/mol. The molecule has 0 bridgehead atoms. The van der Waals surface area contributed by atoms with E-state index in [1.807, 2.05) is 6.92 Å². The van der Waals surface area contributed by atoms with Crippen LogP contribution in [0.25, 0.3) is 0 Å². The molecule has 1 aromatic rings. The molecule has 4 nitrogen and oxygen atoms in total. The highest BCUT2D eigenvalue weighted by molar-refractivity contribution is 5.41. The number of hydrogen-bond donors (Lipinski definition) is 4. The summed E-state index contributed by atoms with van der Waals surface area (Å²) in [5, 5.41) is 32.6. The molecule has 0 saturated heterocycles. The summed E-state index contributed by atoms with van der Waals surface area (Å²) in [6.45, 7) is 6.25. The summed E-state index contributed by atoms with van der Waals surface area (Å²) in [6.07, 6.45) is 2.12. The van der Waals surface area contributed by atoms with E-state index in [0.29, 0.717) is 11.6 Å². The van der Waals surface area contributed by atoms with Gasteiger partial charge in [0.05, 0.1) is 6.10 Å². The van der Waals surface area contributed by atoms with Crippen molar-refractivity contribution in [1.82, 2.24) is 5.32 Å². The van der Waals surface area contributed by atoms with E-state index in [4.69, 9.17) is 0 Å². The molecule has 0 aliphatic rings. The Bertz CT molecular complexity index is 391. The molecule has 2 atom stereocenters. The topological polar surface area (TPSA) is 72.7 Å². The molecule has 1 aromatic carbocycles. The summed E-state index contributed by atoms with van der Waals surface area (Å²) in [5.41, 5.74) is 0.612. The molecule has 108 valence electrons. The Morgan fingerprint density at radius 3 is 2.11 bits per heavy atom. The molecule has 0 spiro atoms. The van der Waals surface area contributed by atoms with Crippen molar-refractivity contribution in [1.29, 1.82) is 0 Å². The zero-order valence-corrected chi connectivity index (χ0v) is 11.9. The number of benzene rings is 1. The van der Waals surface area contributed by atoms with Crippen LogP contribution in [0.15, 0.2) is 18.2 Å². The number of phenolic OH excluding ortho intramolecular Hbond substituents is 2. The average Bonchev–Trinajstić information content (AvgIpc) is 2.42. The second-order valence-electron chi connectivity index (χ2n) is 4.89. The third kappa shape index (κ3) is 4.11. The maximum Gasteiger partial charge on any atom is 0.157 e. The van der Waals surface area contributed by atoms with Gasteiger partial charge in [-0.05, 0) is 37.0 Å². The van der Waals surface area contributed by atoms with Gasteiger partial charge in [-0.3, -0.25) is 0 Å². The van der Waals surface area contributed by atoms with Crippen LogP contribution in [-0.4, -0.2) is 27.4 Å². The molecule has 0 heterocycles. The quantitative estimate of drug-likeness (QED) is 0.573. The third-order valence-electron chi connectivity index (χ3n) is 3.60. The minimum absolute atomic E-state index is 0.0613. The Balaban J connectivity index is 2.82. The van der Waals surface area contributed by atoms with Crippen LogP contribution in [0.1, 0.15) is 51.7 Å². The van der Waals surface area contributed by atoms with Crippen LogP contribution < -0.4 is 5.32 Å². The summed E-state index contributed by atoms with van der Waals surface area (Å²) >= 11 is 0. The second kappa shape index (κ2) is 7.36. The first-order valence-electron chi connectivity index (χ1n) is 6.99. The first kappa shape index (κ1) is 15.8. The van der Waals surface area contributed by atoms with Gasteiger partial charge in [-0.15, -0.1) is 0 Å². The lowest BCUT2D eigenvalue weighted by molar-refractivity contribution is 0.117. The second-order valence-corrected chi connectivity index (χ2v) is 4.89. The summed E-state index contributed by atoms with van der Waals surface area (Å²) in [6, 6.07) is 4.77. The molecule has 4 heteroatoms. The summed E-state index contributed by atoms with van der Waals surface area (Å²) in [4.78, 5) is 0. The van der Waals surface area contributed by atoms with Crippen molar-refractivity contribution < 1.29 is 15.3 Å². The van der Waals surface area contributed by atoms with Gasteiger partial charge < -0.3 is 20.6 Å². The van der Waals surface area contributed by atoms with Gasteiger partial charge in [0, 0.05) is 12.1 Å². The van der Waals surface area contributed by atoms with Crippen molar-refractivity contribution in [3.63, 3.8) is 0 Å². The van der Waals surface area contributed by atoms with Crippen molar-refractivity contribution in [2.24, 2.45) is 0 Å². The lowest BCUT2D eigenvalue weighted by Crippen LogP contribution is -2.41. The molecule has 4 N–H and O–H groups in total. The number of phenols is 2. The van der Waals surface area contributed by atoms with E-state index in [1.54, 1.807) is 6.07 Å². The molecule has 1 rings (SSSR count). The normalized spacial score (nSPS) is 14.6. The first-order chi connectivity index (χ1) is 9.03. The minimum Gasteiger partial charge on any atom is -0.504 e. The Hall–Kier alpha value is -1.26. The number of aromatic hydroxyl groups is 2. The Morgan fingerprint density at radius 1 is 1.00 bits per heavy atom. The zero-order chi connectivity index (χ0) is 14.4. The first-order valence-corrected chi connectivity index (χ1v) is 6.99. The van der Waals surface area contributed by atoms with E-state index in [0.717, 1.165) is 19.3 Å². The number of aliphatic hydroxyl groups excluding tert-OH is 1. The molecule has 19 heavy (non-hydrogen) atoms. The van der Waals surface area contributed by atoms with E-state index in [1.165, 1.54) is 12.1 Å². The Kier molecular flexibility index (Phi) is 6.12. The molecule has 0 aliphatic heterocycles. The highest BCUT2D eigenvalue weighted by Gasteiger charge is 2.22. The number of aliphatic hydroxyl groups is 1. The zero-order valence-electron chi connectivity index (χ0n) is 11.9. The fraction of sp³-hybridized carbons (Fsp3) is 0.600. The third-order valence-corrected chi connectivity index (χ3v) is 3.60. The summed E-state index contributed by atoms with van der Waals surface area (Å²) in [5.74, 6) is -0.370. The summed E-state index contributed by atoms with van der Waals surface area (Å²) in [7, 11) is 0. The largest absolute Gasteiger partial charge is 0.504 e. The van der Waals surface area contributed by atoms with Gasteiger partial charge in [0.25, 0.3) is 0 Å². The molecule has 0 saturated carbocycles. The van der Waals surface area contributed by atoms with Crippen molar-refractivity contribution in [3.05, 3.63) is 23.8 Å². The van der Waals surface area contributed by atoms with E-state index in [9.17, 15) is 15.3 Å². The van der Waals surface area contributed by atoms with Crippen molar-refractivity contribution >= 4 is 0 Å². The van der Waals surface area contributed by atoms with Crippen LogP contribution in [-0.2, 0) is 0 Å². The van der Waals surface area contributed by atoms with Gasteiger partial charge >= 0.3 is 0 Å². The van der Waals surface area contributed by atoms with Crippen LogP contribution in [0.5, 0.6) is 11.5 Å². The van der Waals surface area contributed by atoms with Gasteiger partial charge in [-0.2, -0.15) is 0 Å². The van der Waals surface area contributed by atoms with E-state index in [2.05, 4.69) is 19.2 Å². The SMILES string of the molecule is CCC(CC)NC(CC)C(O)c1ccc(O)c(O)c1. The van der Waals surface area contributed by atoms with E-state index < -0.39 is 6.10 Å². The fourth-order valence-corrected chi connectivity index (χ4v) is 2.22. The molecule has 0 aromatic heterocycles. The maximum atomic E-state index is 10.4. The molecule has 0 fully saturated rings. The molecule has 0 amide bonds. The predicted molar refractivity (Wildman–Crippen MR) is 76.3 cm³/mol. The van der Waals surface area contributed by atoms with E-state index >= 15 is 0 Å². The van der Waals surface area contributed by atoms with Crippen LogP contribution in [0, 0.1) is 0 Å². The lowest BCUT2D eigenvalue weighted by Gasteiger charge is -2.28. The fourth-order valence-electron chi connectivity index (χ4n) is 2.22. The highest BCUT2D eigenvalue weighted by atomic mass is 16.3. The Labute approximate surface area is 115 Å². The molecular formula is C15H25NO3. The summed E-state index contributed by atoms with van der Waals surface area (Å²) < 4.78 is 0. The monoisotopic (exact) mass is 267 g/mol. The lowest BCUT2D eigenvalue weighted by atomic mass is 9.98. The van der Waals surface area contributed by atoms with E-state index in [-0.39, 0.29) is 17.5 Å². The predicted octanol–water partition coefficient (Wildman–Crippen LogP) is 2.69. The van der Waals surface area contributed by atoms with Gasteiger partial charge in [0.15, 0.2) is 11.5 Å².